The first-order valence-electron chi connectivity index (χ1n) is 2.35. The second-order valence-corrected chi connectivity index (χ2v) is 4.62. The van der Waals surface area contributed by atoms with Gasteiger partial charge in [0.25, 0.3) is 0 Å². The Balaban J connectivity index is -0.00000000889. The molecule has 0 bridgehead atoms. The molecule has 0 radical (unpaired) electrons. The minimum atomic E-state index is -4.64. The van der Waals surface area contributed by atoms with Gasteiger partial charge < -0.3 is 49.7 Å². The van der Waals surface area contributed by atoms with Crippen LogP contribution in [0, 0.1) is 0 Å². The van der Waals surface area contributed by atoms with Crippen LogP contribution in [0.2, 0.25) is 0 Å². The average molecular weight is 390 g/mol. The Bertz CT molecular complexity index is 226. The maximum absolute atomic E-state index is 8.88. The SMILES string of the molecule is O=P(O)(O)O.O=P(O)(O)O.O=P(O)(O)O.[H-].[H-].[H-].[H-].[Na+].[Na+].[Na+].[Na+]. The second kappa shape index (κ2) is 20.4. The number of hydrogen-bond donors (Lipinski definition) is 9. The Kier molecular flexibility index (Phi) is 46.8. The minimum Gasteiger partial charge on any atom is -1.00 e. The van der Waals surface area contributed by atoms with Crippen molar-refractivity contribution in [1.82, 2.24) is 0 Å². The van der Waals surface area contributed by atoms with E-state index in [1.165, 1.54) is 0 Å². The molecule has 19 heavy (non-hydrogen) atoms. The summed E-state index contributed by atoms with van der Waals surface area (Å²) in [6, 6.07) is 0. The van der Waals surface area contributed by atoms with Crippen LogP contribution in [0.1, 0.15) is 5.71 Å². The van der Waals surface area contributed by atoms with Crippen molar-refractivity contribution in [3.8, 4) is 0 Å². The molecule has 0 aliphatic heterocycles. The molecule has 0 fully saturated rings. The second-order valence-electron chi connectivity index (χ2n) is 1.54. The zero-order chi connectivity index (χ0) is 13.5. The van der Waals surface area contributed by atoms with E-state index in [1.54, 1.807) is 0 Å². The van der Waals surface area contributed by atoms with Crippen LogP contribution >= 0.6 is 23.5 Å². The summed E-state index contributed by atoms with van der Waals surface area (Å²) < 4.78 is 26.6. The van der Waals surface area contributed by atoms with Crippen molar-refractivity contribution >= 4 is 23.5 Å². The van der Waals surface area contributed by atoms with Crippen LogP contribution in [0.15, 0.2) is 0 Å². The molecule has 0 unspecified atom stereocenters. The van der Waals surface area contributed by atoms with Crippen molar-refractivity contribution in [2.75, 3.05) is 0 Å². The first kappa shape index (κ1) is 43.6. The fourth-order valence-corrected chi connectivity index (χ4v) is 0. The summed E-state index contributed by atoms with van der Waals surface area (Å²) in [5.74, 6) is 0. The smallest absolute Gasteiger partial charge is 1.00 e. The van der Waals surface area contributed by atoms with Gasteiger partial charge in [-0.1, -0.05) is 0 Å². The van der Waals surface area contributed by atoms with Crippen LogP contribution < -0.4 is 118 Å². The van der Waals surface area contributed by atoms with Gasteiger partial charge in [0.1, 0.15) is 0 Å². The Morgan fingerprint density at radius 3 is 0.421 bits per heavy atom. The Hall–Kier alpha value is 4.33. The summed E-state index contributed by atoms with van der Waals surface area (Å²) in [4.78, 5) is 64.7. The fourth-order valence-electron chi connectivity index (χ4n) is 0. The van der Waals surface area contributed by atoms with E-state index in [-0.39, 0.29) is 124 Å². The van der Waals surface area contributed by atoms with Crippen LogP contribution in [0.4, 0.5) is 0 Å². The Morgan fingerprint density at radius 1 is 0.421 bits per heavy atom. The average Bonchev–Trinajstić information content (AvgIpc) is 1.41. The summed E-state index contributed by atoms with van der Waals surface area (Å²) in [5, 5.41) is 0. The van der Waals surface area contributed by atoms with Crippen molar-refractivity contribution in [1.29, 1.82) is 0 Å². The van der Waals surface area contributed by atoms with Gasteiger partial charge in [0.2, 0.25) is 0 Å². The molecular weight excluding hydrogens is 377 g/mol. The van der Waals surface area contributed by atoms with Gasteiger partial charge in [0.05, 0.1) is 0 Å². The van der Waals surface area contributed by atoms with E-state index in [2.05, 4.69) is 0 Å². The molecule has 0 aliphatic carbocycles. The van der Waals surface area contributed by atoms with Gasteiger partial charge in [-0.2, -0.15) is 0 Å². The summed E-state index contributed by atoms with van der Waals surface area (Å²) in [6.07, 6.45) is 0. The van der Waals surface area contributed by atoms with Gasteiger partial charge in [-0.25, -0.2) is 13.7 Å². The van der Waals surface area contributed by atoms with Crippen LogP contribution in [0.3, 0.4) is 0 Å². The Labute approximate surface area is 202 Å². The van der Waals surface area contributed by atoms with Gasteiger partial charge in [0.15, 0.2) is 0 Å². The van der Waals surface area contributed by atoms with Crippen LogP contribution in [-0.2, 0) is 13.7 Å². The zero-order valence-corrected chi connectivity index (χ0v) is 21.3. The summed E-state index contributed by atoms with van der Waals surface area (Å²) in [6.45, 7) is 0. The topological polar surface area (TPSA) is 233 Å². The standard InChI is InChI=1S/4Na.3H3O4P.4H/c;;;;3*1-5(2,3)4;;;;/h;;;;3*(H3,1,2,3,4);;;;/q4*+1;;;;4*-1. The van der Waals surface area contributed by atoms with Gasteiger partial charge >= 0.3 is 142 Å². The summed E-state index contributed by atoms with van der Waals surface area (Å²) >= 11 is 0. The van der Waals surface area contributed by atoms with E-state index in [0.717, 1.165) is 0 Å². The molecule has 9 N–H and O–H groups in total. The molecule has 19 heteroatoms. The number of hydrogen-bond acceptors (Lipinski definition) is 3. The first-order valence-corrected chi connectivity index (χ1v) is 7.04. The van der Waals surface area contributed by atoms with Crippen molar-refractivity contribution in [3.05, 3.63) is 0 Å². The molecule has 0 amide bonds. The quantitative estimate of drug-likeness (QED) is 0.139. The molecule has 0 aromatic heterocycles. The first-order chi connectivity index (χ1) is 6.00. The fraction of sp³-hybridized carbons (Fsp3) is 0. The third-order valence-electron chi connectivity index (χ3n) is 0. The van der Waals surface area contributed by atoms with Crippen LogP contribution in [0.25, 0.3) is 0 Å². The van der Waals surface area contributed by atoms with E-state index < -0.39 is 23.5 Å². The molecule has 0 saturated carbocycles. The summed E-state index contributed by atoms with van der Waals surface area (Å²) in [7, 11) is -13.9. The third-order valence-corrected chi connectivity index (χ3v) is 0. The predicted molar refractivity (Wildman–Crippen MR) is 47.2 cm³/mol. The summed E-state index contributed by atoms with van der Waals surface area (Å²) in [5.41, 5.74) is 0. The van der Waals surface area contributed by atoms with E-state index in [1.807, 2.05) is 0 Å². The molecule has 12 nitrogen and oxygen atoms in total. The normalized spacial score (nSPS) is 9.32. The molecule has 0 aromatic rings. The van der Waals surface area contributed by atoms with E-state index in [9.17, 15) is 0 Å². The number of rotatable bonds is 0. The van der Waals surface area contributed by atoms with Crippen molar-refractivity contribution in [2.24, 2.45) is 0 Å². The largest absolute Gasteiger partial charge is 1.00 e. The molecule has 0 spiro atoms. The predicted octanol–water partition coefficient (Wildman–Crippen LogP) is -14.3. The van der Waals surface area contributed by atoms with Gasteiger partial charge in [-0.3, -0.25) is 0 Å². The zero-order valence-electron chi connectivity index (χ0n) is 14.6. The molecule has 104 valence electrons. The van der Waals surface area contributed by atoms with Gasteiger partial charge in [0, 0.05) is 0 Å². The van der Waals surface area contributed by atoms with Crippen molar-refractivity contribution in [2.45, 2.75) is 0 Å². The van der Waals surface area contributed by atoms with E-state index in [4.69, 9.17) is 57.7 Å². The van der Waals surface area contributed by atoms with Gasteiger partial charge in [-0.05, 0) is 0 Å². The third kappa shape index (κ3) is 492. The molecule has 0 aliphatic rings. The number of phosphoric acid groups is 3. The van der Waals surface area contributed by atoms with Crippen LogP contribution in [-0.4, -0.2) is 44.0 Å². The van der Waals surface area contributed by atoms with Crippen molar-refractivity contribution in [3.63, 3.8) is 0 Å². The maximum Gasteiger partial charge on any atom is 1.00 e. The monoisotopic (exact) mass is 390 g/mol. The van der Waals surface area contributed by atoms with Gasteiger partial charge in [-0.15, -0.1) is 0 Å². The molecule has 0 saturated heterocycles. The molecular formula is H13Na4O12P3. The van der Waals surface area contributed by atoms with E-state index in [0.29, 0.717) is 0 Å². The molecule has 0 rings (SSSR count). The maximum atomic E-state index is 8.88. The Morgan fingerprint density at radius 2 is 0.421 bits per heavy atom. The van der Waals surface area contributed by atoms with E-state index >= 15 is 0 Å². The minimum absolute atomic E-state index is 0. The molecule has 0 aromatic carbocycles. The van der Waals surface area contributed by atoms with Crippen LogP contribution in [0.5, 0.6) is 0 Å². The van der Waals surface area contributed by atoms with Crippen molar-refractivity contribution < 1.29 is 182 Å². The molecule has 0 heterocycles. The molecule has 0 atom stereocenters.